The molecule has 0 radical (unpaired) electrons. The summed E-state index contributed by atoms with van der Waals surface area (Å²) in [7, 11) is 0. The zero-order valence-electron chi connectivity index (χ0n) is 21.6. The number of hydrogen-bond acceptors (Lipinski definition) is 7. The van der Waals surface area contributed by atoms with Gasteiger partial charge in [-0.1, -0.05) is 22.0 Å². The number of ether oxygens (including phenoxy) is 1. The van der Waals surface area contributed by atoms with Gasteiger partial charge in [0.2, 0.25) is 5.91 Å². The Labute approximate surface area is 239 Å². The minimum Gasteiger partial charge on any atom is -0.485 e. The minimum atomic E-state index is -0.349. The fourth-order valence-corrected chi connectivity index (χ4v) is 5.62. The quantitative estimate of drug-likeness (QED) is 0.250. The SMILES string of the molecule is CC1Oc2cc(N3CCCC3=O)ccc2-c2cnc(Nc3cncc(NC(=O)c4cccc(Br)c4CO)c3)cc21. The Morgan fingerprint density at radius 1 is 1.12 bits per heavy atom. The molecule has 2 aromatic carbocycles. The number of carbonyl (C=O) groups is 2. The van der Waals surface area contributed by atoms with E-state index in [1.807, 2.05) is 42.3 Å². The first-order valence-electron chi connectivity index (χ1n) is 12.9. The zero-order valence-corrected chi connectivity index (χ0v) is 23.2. The first kappa shape index (κ1) is 26.0. The van der Waals surface area contributed by atoms with Crippen LogP contribution < -0.4 is 20.3 Å². The van der Waals surface area contributed by atoms with E-state index in [0.717, 1.165) is 41.1 Å². The van der Waals surface area contributed by atoms with Crippen molar-refractivity contribution in [3.8, 4) is 16.9 Å². The third kappa shape index (κ3) is 4.91. The molecule has 0 aliphatic carbocycles. The molecule has 202 valence electrons. The van der Waals surface area contributed by atoms with Crippen molar-refractivity contribution in [1.29, 1.82) is 0 Å². The number of fused-ring (bicyclic) bond motifs is 3. The summed E-state index contributed by atoms with van der Waals surface area (Å²) < 4.78 is 6.92. The largest absolute Gasteiger partial charge is 0.485 e. The molecule has 10 heteroatoms. The number of aromatic nitrogens is 2. The Bertz CT molecular complexity index is 1640. The lowest BCUT2D eigenvalue weighted by Crippen LogP contribution is -2.24. The van der Waals surface area contributed by atoms with Gasteiger partial charge in [0.25, 0.3) is 5.91 Å². The van der Waals surface area contributed by atoms with Crippen LogP contribution in [-0.4, -0.2) is 33.4 Å². The van der Waals surface area contributed by atoms with Gasteiger partial charge in [-0.25, -0.2) is 4.98 Å². The number of carbonyl (C=O) groups excluding carboxylic acids is 2. The van der Waals surface area contributed by atoms with Crippen molar-refractivity contribution in [2.24, 2.45) is 0 Å². The van der Waals surface area contributed by atoms with Crippen LogP contribution in [0.1, 0.15) is 47.4 Å². The third-order valence-electron chi connectivity index (χ3n) is 7.11. The third-order valence-corrected chi connectivity index (χ3v) is 7.85. The lowest BCUT2D eigenvalue weighted by Gasteiger charge is -2.28. The normalized spacial score (nSPS) is 15.7. The summed E-state index contributed by atoms with van der Waals surface area (Å²) in [5, 5.41) is 15.8. The molecule has 2 aromatic heterocycles. The number of benzene rings is 2. The Balaban J connectivity index is 1.21. The van der Waals surface area contributed by atoms with E-state index in [1.165, 1.54) is 0 Å². The molecule has 2 aliphatic rings. The van der Waals surface area contributed by atoms with E-state index in [1.54, 1.807) is 36.7 Å². The van der Waals surface area contributed by atoms with Crippen LogP contribution in [0.3, 0.4) is 0 Å². The molecule has 3 N–H and O–H groups in total. The Morgan fingerprint density at radius 2 is 1.98 bits per heavy atom. The summed E-state index contributed by atoms with van der Waals surface area (Å²) >= 11 is 3.38. The number of amides is 2. The number of pyridine rings is 2. The number of hydrogen-bond donors (Lipinski definition) is 3. The van der Waals surface area contributed by atoms with E-state index < -0.39 is 0 Å². The Morgan fingerprint density at radius 3 is 2.77 bits per heavy atom. The predicted octanol–water partition coefficient (Wildman–Crippen LogP) is 5.97. The molecule has 1 fully saturated rings. The maximum atomic E-state index is 12.9. The van der Waals surface area contributed by atoms with E-state index >= 15 is 0 Å². The second-order valence-electron chi connectivity index (χ2n) is 9.71. The number of nitrogens with one attached hydrogen (secondary N) is 2. The molecule has 1 atom stereocenters. The van der Waals surface area contributed by atoms with Gasteiger partial charge in [0.15, 0.2) is 0 Å². The van der Waals surface area contributed by atoms with Gasteiger partial charge in [-0.05, 0) is 49.7 Å². The second kappa shape index (κ2) is 10.7. The molecule has 40 heavy (non-hydrogen) atoms. The van der Waals surface area contributed by atoms with Crippen molar-refractivity contribution in [3.05, 3.63) is 88.3 Å². The van der Waals surface area contributed by atoms with Gasteiger partial charge in [-0.3, -0.25) is 14.6 Å². The lowest BCUT2D eigenvalue weighted by atomic mass is 9.94. The van der Waals surface area contributed by atoms with Crippen LogP contribution in [0.4, 0.5) is 22.9 Å². The van der Waals surface area contributed by atoms with E-state index in [4.69, 9.17) is 4.74 Å². The van der Waals surface area contributed by atoms with E-state index in [9.17, 15) is 14.7 Å². The van der Waals surface area contributed by atoms with Crippen LogP contribution in [0.25, 0.3) is 11.1 Å². The number of halogens is 1. The molecular weight excluding hydrogens is 574 g/mol. The summed E-state index contributed by atoms with van der Waals surface area (Å²) in [6.07, 6.45) is 6.25. The van der Waals surface area contributed by atoms with Crippen molar-refractivity contribution in [3.63, 3.8) is 0 Å². The molecule has 2 amide bonds. The minimum absolute atomic E-state index is 0.141. The van der Waals surface area contributed by atoms with Gasteiger partial charge in [0.05, 0.1) is 30.4 Å². The summed E-state index contributed by atoms with van der Waals surface area (Å²) in [5.74, 6) is 1.14. The standard InChI is InChI=1S/C30H26BrN5O4/c1-17-23-12-28(33-15-24(23)21-8-7-20(11-27(21)40-17)36-9-3-6-29(36)38)34-18-10-19(14-32-13-18)35-30(39)22-4-2-5-26(31)25(22)16-37/h2,4-5,7-8,10-15,17,37H,3,6,9,16H2,1H3,(H,33,34)(H,35,39). The van der Waals surface area contributed by atoms with E-state index in [2.05, 4.69) is 36.5 Å². The summed E-state index contributed by atoms with van der Waals surface area (Å²) in [4.78, 5) is 35.8. The van der Waals surface area contributed by atoms with Crippen molar-refractivity contribution >= 4 is 50.6 Å². The molecule has 0 spiro atoms. The fraction of sp³-hybridized carbons (Fsp3) is 0.200. The summed E-state index contributed by atoms with van der Waals surface area (Å²) in [6.45, 7) is 2.45. The maximum Gasteiger partial charge on any atom is 0.256 e. The topological polar surface area (TPSA) is 117 Å². The van der Waals surface area contributed by atoms with Crippen molar-refractivity contribution < 1.29 is 19.4 Å². The average molecular weight is 600 g/mol. The highest BCUT2D eigenvalue weighted by atomic mass is 79.9. The summed E-state index contributed by atoms with van der Waals surface area (Å²) in [6, 6.07) is 14.8. The van der Waals surface area contributed by atoms with Gasteiger partial charge in [-0.2, -0.15) is 0 Å². The zero-order chi connectivity index (χ0) is 27.8. The van der Waals surface area contributed by atoms with E-state index in [-0.39, 0.29) is 24.5 Å². The summed E-state index contributed by atoms with van der Waals surface area (Å²) in [5.41, 5.74) is 5.78. The fourth-order valence-electron chi connectivity index (χ4n) is 5.13. The first-order chi connectivity index (χ1) is 19.4. The van der Waals surface area contributed by atoms with Gasteiger partial charge >= 0.3 is 0 Å². The van der Waals surface area contributed by atoms with Crippen molar-refractivity contribution in [2.45, 2.75) is 32.5 Å². The van der Waals surface area contributed by atoms with Crippen LogP contribution in [0.5, 0.6) is 5.75 Å². The van der Waals surface area contributed by atoms with Gasteiger partial charge < -0.3 is 25.4 Å². The monoisotopic (exact) mass is 599 g/mol. The molecule has 1 unspecified atom stereocenters. The molecule has 2 aliphatic heterocycles. The highest BCUT2D eigenvalue weighted by molar-refractivity contribution is 9.10. The van der Waals surface area contributed by atoms with Crippen LogP contribution in [0.2, 0.25) is 0 Å². The molecule has 6 rings (SSSR count). The molecule has 4 heterocycles. The number of rotatable bonds is 6. The van der Waals surface area contributed by atoms with Crippen molar-refractivity contribution in [1.82, 2.24) is 9.97 Å². The van der Waals surface area contributed by atoms with Crippen molar-refractivity contribution in [2.75, 3.05) is 22.1 Å². The number of anilines is 4. The average Bonchev–Trinajstić information content (AvgIpc) is 3.38. The van der Waals surface area contributed by atoms with Gasteiger partial charge in [-0.15, -0.1) is 0 Å². The number of nitrogens with zero attached hydrogens (tertiary/aromatic N) is 3. The Kier molecular flexibility index (Phi) is 6.95. The lowest BCUT2D eigenvalue weighted by molar-refractivity contribution is -0.117. The molecule has 9 nitrogen and oxygen atoms in total. The van der Waals surface area contributed by atoms with Crippen LogP contribution in [-0.2, 0) is 11.4 Å². The highest BCUT2D eigenvalue weighted by Crippen LogP contribution is 2.44. The van der Waals surface area contributed by atoms with Gasteiger partial charge in [0, 0.05) is 63.2 Å². The second-order valence-corrected chi connectivity index (χ2v) is 10.6. The Hall–Kier alpha value is -4.28. The van der Waals surface area contributed by atoms with Crippen LogP contribution >= 0.6 is 15.9 Å². The molecule has 4 aromatic rings. The van der Waals surface area contributed by atoms with Crippen LogP contribution in [0, 0.1) is 0 Å². The molecule has 0 bridgehead atoms. The molecular formula is C30H26BrN5O4. The molecule has 1 saturated heterocycles. The molecule has 0 saturated carbocycles. The number of aliphatic hydroxyl groups excluding tert-OH is 1. The maximum absolute atomic E-state index is 12.9. The van der Waals surface area contributed by atoms with E-state index in [0.29, 0.717) is 39.2 Å². The highest BCUT2D eigenvalue weighted by Gasteiger charge is 2.27. The first-order valence-corrected chi connectivity index (χ1v) is 13.7. The van der Waals surface area contributed by atoms with Crippen LogP contribution in [0.15, 0.2) is 71.6 Å². The smallest absolute Gasteiger partial charge is 0.256 e. The number of aliphatic hydroxyl groups is 1. The predicted molar refractivity (Wildman–Crippen MR) is 156 cm³/mol. The van der Waals surface area contributed by atoms with Gasteiger partial charge in [0.1, 0.15) is 17.7 Å².